The van der Waals surface area contributed by atoms with Crippen LogP contribution in [0.15, 0.2) is 0 Å². The molecule has 2 saturated heterocycles. The molecule has 3 rings (SSSR count). The summed E-state index contributed by atoms with van der Waals surface area (Å²) in [6.07, 6.45) is 8.01. The summed E-state index contributed by atoms with van der Waals surface area (Å²) in [5.41, 5.74) is 0. The molecule has 19 heavy (non-hydrogen) atoms. The number of carbonyl (C=O) groups excluding carboxylic acids is 1. The van der Waals surface area contributed by atoms with Crippen molar-refractivity contribution in [3.63, 3.8) is 0 Å². The second kappa shape index (κ2) is 5.70. The molecule has 0 aromatic carbocycles. The van der Waals surface area contributed by atoms with E-state index in [-0.39, 0.29) is 6.09 Å². The van der Waals surface area contributed by atoms with Gasteiger partial charge in [0, 0.05) is 25.2 Å². The number of ether oxygens (including phenoxy) is 1. The molecule has 0 bridgehead atoms. The fourth-order valence-electron chi connectivity index (χ4n) is 4.26. The number of likely N-dealkylation sites (tertiary alicyclic amines) is 1. The Hall–Kier alpha value is -0.770. The Morgan fingerprint density at radius 2 is 2.11 bits per heavy atom. The van der Waals surface area contributed by atoms with Crippen molar-refractivity contribution in [3.8, 4) is 0 Å². The number of fused-ring (bicyclic) bond motifs is 1. The van der Waals surface area contributed by atoms with Crippen LogP contribution >= 0.6 is 0 Å². The van der Waals surface area contributed by atoms with Gasteiger partial charge in [-0.25, -0.2) is 4.79 Å². The zero-order valence-electron chi connectivity index (χ0n) is 12.0. The smallest absolute Gasteiger partial charge is 0.409 e. The Bertz CT molecular complexity index is 334. The Labute approximate surface area is 116 Å². The van der Waals surface area contributed by atoms with E-state index in [1.807, 2.05) is 4.90 Å². The molecule has 108 valence electrons. The number of nitrogens with zero attached hydrogens (tertiary/aromatic N) is 2. The van der Waals surface area contributed by atoms with Crippen molar-refractivity contribution in [1.29, 1.82) is 0 Å². The van der Waals surface area contributed by atoms with E-state index >= 15 is 0 Å². The van der Waals surface area contributed by atoms with Gasteiger partial charge in [-0.3, -0.25) is 4.90 Å². The molecule has 0 spiro atoms. The summed E-state index contributed by atoms with van der Waals surface area (Å²) in [4.78, 5) is 15.9. The molecule has 1 saturated carbocycles. The summed E-state index contributed by atoms with van der Waals surface area (Å²) >= 11 is 0. The van der Waals surface area contributed by atoms with Crippen LogP contribution in [0.2, 0.25) is 0 Å². The monoisotopic (exact) mass is 266 g/mol. The number of hydrogen-bond acceptors (Lipinski definition) is 3. The molecule has 4 heteroatoms. The standard InChI is InChI=1S/C15H26N2O2/c1-12-11-13-5-2-3-6-14(13)17(12)8-4-7-16-9-10-19-15(16)18/h12-14H,2-11H2,1H3. The van der Waals surface area contributed by atoms with Crippen LogP contribution in [0.1, 0.15) is 45.4 Å². The van der Waals surface area contributed by atoms with Gasteiger partial charge in [0.1, 0.15) is 6.61 Å². The van der Waals surface area contributed by atoms with Crippen molar-refractivity contribution in [2.45, 2.75) is 57.5 Å². The molecular weight excluding hydrogens is 240 g/mol. The molecule has 3 fully saturated rings. The molecule has 0 aromatic rings. The quantitative estimate of drug-likeness (QED) is 0.783. The molecule has 2 aliphatic heterocycles. The molecule has 1 aliphatic carbocycles. The molecule has 1 amide bonds. The van der Waals surface area contributed by atoms with E-state index in [2.05, 4.69) is 11.8 Å². The lowest BCUT2D eigenvalue weighted by atomic mass is 9.85. The highest BCUT2D eigenvalue weighted by Crippen LogP contribution is 2.39. The summed E-state index contributed by atoms with van der Waals surface area (Å²) in [6.45, 7) is 5.73. The maximum Gasteiger partial charge on any atom is 0.409 e. The number of rotatable bonds is 4. The van der Waals surface area contributed by atoms with E-state index in [9.17, 15) is 4.79 Å². The fourth-order valence-corrected chi connectivity index (χ4v) is 4.26. The highest BCUT2D eigenvalue weighted by atomic mass is 16.6. The van der Waals surface area contributed by atoms with Gasteiger partial charge in [-0.15, -0.1) is 0 Å². The predicted octanol–water partition coefficient (Wildman–Crippen LogP) is 2.48. The molecular formula is C15H26N2O2. The minimum absolute atomic E-state index is 0.120. The van der Waals surface area contributed by atoms with Crippen LogP contribution in [0.25, 0.3) is 0 Å². The Kier molecular flexibility index (Phi) is 3.96. The first kappa shape index (κ1) is 13.2. The average Bonchev–Trinajstić information content (AvgIpc) is 2.94. The molecule has 0 aromatic heterocycles. The second-order valence-corrected chi connectivity index (χ2v) is 6.39. The van der Waals surface area contributed by atoms with Crippen molar-refractivity contribution in [2.75, 3.05) is 26.2 Å². The van der Waals surface area contributed by atoms with Gasteiger partial charge < -0.3 is 9.64 Å². The number of amides is 1. The van der Waals surface area contributed by atoms with Crippen LogP contribution in [-0.4, -0.2) is 54.2 Å². The van der Waals surface area contributed by atoms with E-state index < -0.39 is 0 Å². The largest absolute Gasteiger partial charge is 0.448 e. The zero-order chi connectivity index (χ0) is 13.2. The summed E-state index contributed by atoms with van der Waals surface area (Å²) in [7, 11) is 0. The van der Waals surface area contributed by atoms with Gasteiger partial charge in [-0.05, 0) is 38.5 Å². The van der Waals surface area contributed by atoms with E-state index in [4.69, 9.17) is 4.74 Å². The lowest BCUT2D eigenvalue weighted by Crippen LogP contribution is -2.39. The summed E-state index contributed by atoms with van der Waals surface area (Å²) in [5, 5.41) is 0. The Balaban J connectivity index is 1.47. The van der Waals surface area contributed by atoms with Gasteiger partial charge in [-0.1, -0.05) is 12.8 Å². The minimum atomic E-state index is -0.120. The van der Waals surface area contributed by atoms with Crippen LogP contribution in [0.5, 0.6) is 0 Å². The van der Waals surface area contributed by atoms with Crippen LogP contribution in [0.4, 0.5) is 4.79 Å². The molecule has 0 radical (unpaired) electrons. The molecule has 4 nitrogen and oxygen atoms in total. The summed E-state index contributed by atoms with van der Waals surface area (Å²) in [6, 6.07) is 1.56. The Morgan fingerprint density at radius 3 is 2.89 bits per heavy atom. The molecule has 3 atom stereocenters. The van der Waals surface area contributed by atoms with E-state index in [1.54, 1.807) is 0 Å². The first-order valence-corrected chi connectivity index (χ1v) is 7.93. The van der Waals surface area contributed by atoms with Crippen LogP contribution in [-0.2, 0) is 4.74 Å². The van der Waals surface area contributed by atoms with Crippen molar-refractivity contribution in [2.24, 2.45) is 5.92 Å². The third-order valence-corrected chi connectivity index (χ3v) is 5.19. The second-order valence-electron chi connectivity index (χ2n) is 6.39. The van der Waals surface area contributed by atoms with Gasteiger partial charge in [0.25, 0.3) is 0 Å². The number of hydrogen-bond donors (Lipinski definition) is 0. The lowest BCUT2D eigenvalue weighted by Gasteiger charge is -2.33. The van der Waals surface area contributed by atoms with Gasteiger partial charge in [0.2, 0.25) is 0 Å². The summed E-state index contributed by atoms with van der Waals surface area (Å²) in [5.74, 6) is 0.945. The average molecular weight is 266 g/mol. The van der Waals surface area contributed by atoms with Crippen LogP contribution < -0.4 is 0 Å². The zero-order valence-corrected chi connectivity index (χ0v) is 12.0. The normalized spacial score (nSPS) is 35.5. The summed E-state index contributed by atoms with van der Waals surface area (Å²) < 4.78 is 4.97. The first-order valence-electron chi connectivity index (χ1n) is 7.93. The lowest BCUT2D eigenvalue weighted by molar-refractivity contribution is 0.142. The molecule has 3 unspecified atom stereocenters. The van der Waals surface area contributed by atoms with Crippen molar-refractivity contribution >= 4 is 6.09 Å². The van der Waals surface area contributed by atoms with Gasteiger partial charge in [0.15, 0.2) is 0 Å². The van der Waals surface area contributed by atoms with E-state index in [1.165, 1.54) is 32.1 Å². The fraction of sp³-hybridized carbons (Fsp3) is 0.933. The van der Waals surface area contributed by atoms with Crippen LogP contribution in [0, 0.1) is 5.92 Å². The molecule has 0 N–H and O–H groups in total. The van der Waals surface area contributed by atoms with E-state index in [0.29, 0.717) is 6.61 Å². The highest BCUT2D eigenvalue weighted by Gasteiger charge is 2.39. The maximum absolute atomic E-state index is 11.4. The molecule has 2 heterocycles. The number of carbonyl (C=O) groups is 1. The number of cyclic esters (lactones) is 1. The van der Waals surface area contributed by atoms with Crippen molar-refractivity contribution < 1.29 is 9.53 Å². The van der Waals surface area contributed by atoms with Crippen LogP contribution in [0.3, 0.4) is 0 Å². The highest BCUT2D eigenvalue weighted by molar-refractivity contribution is 5.69. The minimum Gasteiger partial charge on any atom is -0.448 e. The van der Waals surface area contributed by atoms with Crippen molar-refractivity contribution in [3.05, 3.63) is 0 Å². The topological polar surface area (TPSA) is 32.8 Å². The van der Waals surface area contributed by atoms with Gasteiger partial charge in [0.05, 0.1) is 6.54 Å². The molecule has 3 aliphatic rings. The van der Waals surface area contributed by atoms with Crippen molar-refractivity contribution in [1.82, 2.24) is 9.80 Å². The maximum atomic E-state index is 11.4. The predicted molar refractivity (Wildman–Crippen MR) is 74.1 cm³/mol. The third-order valence-electron chi connectivity index (χ3n) is 5.19. The van der Waals surface area contributed by atoms with E-state index in [0.717, 1.165) is 44.1 Å². The van der Waals surface area contributed by atoms with Gasteiger partial charge >= 0.3 is 6.09 Å². The first-order chi connectivity index (χ1) is 9.25. The van der Waals surface area contributed by atoms with Gasteiger partial charge in [-0.2, -0.15) is 0 Å². The Morgan fingerprint density at radius 1 is 1.26 bits per heavy atom. The third kappa shape index (κ3) is 2.73. The SMILES string of the molecule is CC1CC2CCCCC2N1CCCN1CCOC1=O.